The Hall–Kier alpha value is -1.43. The van der Waals surface area contributed by atoms with Gasteiger partial charge in [-0.15, -0.1) is 0 Å². The number of amides is 1. The number of carbonyl (C=O) groups excluding carboxylic acids is 1. The lowest BCUT2D eigenvalue weighted by Gasteiger charge is -2.21. The summed E-state index contributed by atoms with van der Waals surface area (Å²) in [5.74, 6) is -0.327. The van der Waals surface area contributed by atoms with Crippen LogP contribution in [-0.4, -0.2) is 46.1 Å². The van der Waals surface area contributed by atoms with Gasteiger partial charge in [0.25, 0.3) is 0 Å². The monoisotopic (exact) mass is 746 g/mol. The maximum atomic E-state index is 12.4. The van der Waals surface area contributed by atoms with Crippen LogP contribution >= 0.6 is 0 Å². The summed E-state index contributed by atoms with van der Waals surface area (Å²) >= 11 is 0. The van der Waals surface area contributed by atoms with E-state index in [0.29, 0.717) is 6.42 Å². The largest absolute Gasteiger partial charge is 0.394 e. The maximum Gasteiger partial charge on any atom is 0.222 e. The average molecular weight is 746 g/mol. The molecule has 5 nitrogen and oxygen atoms in total. The Labute approximate surface area is 330 Å². The first-order valence-electron chi connectivity index (χ1n) is 23.3. The van der Waals surface area contributed by atoms with Gasteiger partial charge in [-0.2, -0.15) is 0 Å². The van der Waals surface area contributed by atoms with E-state index in [2.05, 4.69) is 43.5 Å². The number of aliphatic hydroxyl groups is 3. The Morgan fingerprint density at radius 1 is 0.472 bits per heavy atom. The van der Waals surface area contributed by atoms with Gasteiger partial charge >= 0.3 is 0 Å². The molecule has 0 fully saturated rings. The Bertz CT molecular complexity index is 824. The van der Waals surface area contributed by atoms with Crippen LogP contribution in [0.5, 0.6) is 0 Å². The third-order valence-corrected chi connectivity index (χ3v) is 10.6. The predicted molar refractivity (Wildman–Crippen MR) is 231 cm³/mol. The number of unbranched alkanes of at least 4 members (excludes halogenated alkanes) is 29. The Morgan fingerprint density at radius 3 is 1.21 bits per heavy atom. The minimum absolute atomic E-state index is 0.00589. The summed E-state index contributed by atoms with van der Waals surface area (Å²) in [5, 5.41) is 33.1. The third kappa shape index (κ3) is 40.1. The van der Waals surface area contributed by atoms with Crippen molar-refractivity contribution < 1.29 is 20.1 Å². The lowest BCUT2D eigenvalue weighted by Crippen LogP contribution is -2.45. The normalized spacial score (nSPS) is 13.8. The fourth-order valence-electron chi connectivity index (χ4n) is 7.06. The van der Waals surface area contributed by atoms with Crippen molar-refractivity contribution in [2.24, 2.45) is 0 Å². The van der Waals surface area contributed by atoms with Crippen LogP contribution in [0.1, 0.15) is 239 Å². The highest BCUT2D eigenvalue weighted by molar-refractivity contribution is 5.76. The molecule has 312 valence electrons. The molecule has 4 N–H and O–H groups in total. The molecule has 0 aromatic carbocycles. The summed E-state index contributed by atoms with van der Waals surface area (Å²) in [6.45, 7) is 4.18. The summed E-state index contributed by atoms with van der Waals surface area (Å²) in [6, 6.07) is -0.759. The van der Waals surface area contributed by atoms with Gasteiger partial charge in [0.1, 0.15) is 0 Å². The van der Waals surface area contributed by atoms with Gasteiger partial charge in [-0.1, -0.05) is 211 Å². The first kappa shape index (κ1) is 51.6. The summed E-state index contributed by atoms with van der Waals surface area (Å²) in [4.78, 5) is 12.4. The summed E-state index contributed by atoms with van der Waals surface area (Å²) in [6.07, 6.45) is 54.5. The molecule has 1 amide bonds. The van der Waals surface area contributed by atoms with Crippen LogP contribution < -0.4 is 5.32 Å². The van der Waals surface area contributed by atoms with E-state index in [1.165, 1.54) is 180 Å². The number of carbonyl (C=O) groups is 1. The van der Waals surface area contributed by atoms with E-state index in [-0.39, 0.29) is 18.9 Å². The number of nitrogens with one attached hydrogen (secondary N) is 1. The minimum atomic E-state index is -0.949. The van der Waals surface area contributed by atoms with Crippen LogP contribution in [0.2, 0.25) is 0 Å². The van der Waals surface area contributed by atoms with Crippen molar-refractivity contribution >= 4 is 5.91 Å². The molecule has 0 rings (SSSR count). The zero-order valence-corrected chi connectivity index (χ0v) is 35.4. The molecule has 0 saturated carbocycles. The van der Waals surface area contributed by atoms with Crippen LogP contribution in [-0.2, 0) is 4.79 Å². The van der Waals surface area contributed by atoms with Crippen molar-refractivity contribution in [2.45, 2.75) is 257 Å². The van der Waals surface area contributed by atoms with Crippen molar-refractivity contribution in [3.05, 3.63) is 36.5 Å². The molecule has 0 aromatic rings. The standard InChI is InChI=1S/C48H91NO4/c1-3-5-7-9-11-13-15-16-17-18-19-20-21-22-23-24-25-26-27-28-29-30-32-33-35-37-39-41-45(51)43-48(53)49-46(44-50)47(52)42-40-38-36-34-31-14-12-10-8-6-4-2/h22-23,31,34,40,42,45-47,50-52H,3-21,24-30,32-33,35-39,41,43-44H2,1-2H3,(H,49,53)/b23-22-,34-31+,42-40+. The van der Waals surface area contributed by atoms with Gasteiger partial charge < -0.3 is 20.6 Å². The molecule has 0 aromatic heterocycles. The molecule has 0 spiro atoms. The Kier molecular flexibility index (Phi) is 42.1. The van der Waals surface area contributed by atoms with E-state index in [0.717, 1.165) is 32.1 Å². The number of hydrogen-bond acceptors (Lipinski definition) is 4. The highest BCUT2D eigenvalue weighted by atomic mass is 16.3. The Balaban J connectivity index is 3.57. The molecule has 0 heterocycles. The van der Waals surface area contributed by atoms with Gasteiger partial charge in [-0.05, 0) is 57.8 Å². The average Bonchev–Trinajstić information content (AvgIpc) is 3.15. The SMILES string of the molecule is CCCCCCC/C=C/CC/C=C/C(O)C(CO)NC(=O)CC(O)CCCCCCCCCCCCC/C=C\CCCCCCCCCCCCCC. The molecule has 0 bridgehead atoms. The molecule has 3 unspecified atom stereocenters. The second-order valence-corrected chi connectivity index (χ2v) is 16.0. The topological polar surface area (TPSA) is 89.8 Å². The molecule has 5 heteroatoms. The quantitative estimate of drug-likeness (QED) is 0.0370. The molecule has 53 heavy (non-hydrogen) atoms. The first-order chi connectivity index (χ1) is 26.0. The third-order valence-electron chi connectivity index (χ3n) is 10.6. The molecule has 3 atom stereocenters. The predicted octanol–water partition coefficient (Wildman–Crippen LogP) is 13.5. The second-order valence-electron chi connectivity index (χ2n) is 16.0. The van der Waals surface area contributed by atoms with Gasteiger partial charge in [-0.3, -0.25) is 4.79 Å². The van der Waals surface area contributed by atoms with Crippen LogP contribution in [0.25, 0.3) is 0 Å². The number of rotatable bonds is 42. The number of hydrogen-bond donors (Lipinski definition) is 4. The van der Waals surface area contributed by atoms with Gasteiger partial charge in [-0.25, -0.2) is 0 Å². The molecule has 0 saturated heterocycles. The summed E-state index contributed by atoms with van der Waals surface area (Å²) in [7, 11) is 0. The fraction of sp³-hybridized carbons (Fsp3) is 0.854. The Morgan fingerprint density at radius 2 is 0.811 bits per heavy atom. The molecule has 0 radical (unpaired) electrons. The van der Waals surface area contributed by atoms with Crippen LogP contribution in [0, 0.1) is 0 Å². The highest BCUT2D eigenvalue weighted by Crippen LogP contribution is 2.15. The number of allylic oxidation sites excluding steroid dienone is 5. The van der Waals surface area contributed by atoms with Crippen molar-refractivity contribution in [3.63, 3.8) is 0 Å². The van der Waals surface area contributed by atoms with E-state index in [1.807, 2.05) is 6.08 Å². The fourth-order valence-corrected chi connectivity index (χ4v) is 7.06. The van der Waals surface area contributed by atoms with Gasteiger partial charge in [0.15, 0.2) is 0 Å². The van der Waals surface area contributed by atoms with Crippen molar-refractivity contribution in [3.8, 4) is 0 Å². The lowest BCUT2D eigenvalue weighted by atomic mass is 10.0. The summed E-state index contributed by atoms with van der Waals surface area (Å²) < 4.78 is 0. The molecule has 0 aliphatic heterocycles. The van der Waals surface area contributed by atoms with Crippen LogP contribution in [0.4, 0.5) is 0 Å². The van der Waals surface area contributed by atoms with E-state index in [1.54, 1.807) is 6.08 Å². The van der Waals surface area contributed by atoms with E-state index in [9.17, 15) is 20.1 Å². The number of aliphatic hydroxyl groups excluding tert-OH is 3. The minimum Gasteiger partial charge on any atom is -0.394 e. The summed E-state index contributed by atoms with van der Waals surface area (Å²) in [5.41, 5.74) is 0. The first-order valence-corrected chi connectivity index (χ1v) is 23.3. The zero-order chi connectivity index (χ0) is 38.7. The molecule has 0 aliphatic rings. The van der Waals surface area contributed by atoms with Gasteiger partial charge in [0.05, 0.1) is 31.3 Å². The van der Waals surface area contributed by atoms with Gasteiger partial charge in [0.2, 0.25) is 5.91 Å². The molecular formula is C48H91NO4. The second kappa shape index (κ2) is 43.3. The van der Waals surface area contributed by atoms with E-state index < -0.39 is 18.2 Å². The lowest BCUT2D eigenvalue weighted by molar-refractivity contribution is -0.124. The van der Waals surface area contributed by atoms with Crippen LogP contribution in [0.15, 0.2) is 36.5 Å². The van der Waals surface area contributed by atoms with E-state index >= 15 is 0 Å². The maximum absolute atomic E-state index is 12.4. The van der Waals surface area contributed by atoms with Crippen LogP contribution in [0.3, 0.4) is 0 Å². The van der Waals surface area contributed by atoms with E-state index in [4.69, 9.17) is 0 Å². The molecular weight excluding hydrogens is 655 g/mol. The smallest absolute Gasteiger partial charge is 0.222 e. The highest BCUT2D eigenvalue weighted by Gasteiger charge is 2.20. The molecule has 0 aliphatic carbocycles. The van der Waals surface area contributed by atoms with Crippen molar-refractivity contribution in [2.75, 3.05) is 6.61 Å². The van der Waals surface area contributed by atoms with Crippen molar-refractivity contribution in [1.82, 2.24) is 5.32 Å². The zero-order valence-electron chi connectivity index (χ0n) is 35.4. The van der Waals surface area contributed by atoms with Crippen molar-refractivity contribution in [1.29, 1.82) is 0 Å². The van der Waals surface area contributed by atoms with Gasteiger partial charge in [0, 0.05) is 0 Å².